The van der Waals surface area contributed by atoms with E-state index in [1.54, 1.807) is 6.07 Å². The van der Waals surface area contributed by atoms with E-state index in [4.69, 9.17) is 4.74 Å². The van der Waals surface area contributed by atoms with Crippen LogP contribution in [0.25, 0.3) is 0 Å². The molecule has 4 heteroatoms. The molecule has 1 aliphatic carbocycles. The molecule has 98 valence electrons. The number of hydrogen-bond acceptors (Lipinski definition) is 3. The Morgan fingerprint density at radius 1 is 1.50 bits per heavy atom. The van der Waals surface area contributed by atoms with Crippen LogP contribution in [0.4, 0.5) is 0 Å². The number of ether oxygens (including phenoxy) is 1. The molecule has 1 N–H and O–H groups in total. The zero-order valence-corrected chi connectivity index (χ0v) is 11.1. The first-order valence-corrected chi connectivity index (χ1v) is 6.38. The van der Waals surface area contributed by atoms with Crippen molar-refractivity contribution in [2.24, 2.45) is 0 Å². The summed E-state index contributed by atoms with van der Waals surface area (Å²) in [7, 11) is 0. The maximum absolute atomic E-state index is 11.3. The van der Waals surface area contributed by atoms with E-state index in [0.29, 0.717) is 0 Å². The molecule has 0 amide bonds. The molecule has 0 fully saturated rings. The van der Waals surface area contributed by atoms with Gasteiger partial charge >= 0.3 is 5.97 Å². The Balaban J connectivity index is 2.42. The van der Waals surface area contributed by atoms with Gasteiger partial charge in [0.15, 0.2) is 0 Å². The summed E-state index contributed by atoms with van der Waals surface area (Å²) in [6.45, 7) is 5.88. The fraction of sp³-hybridized carbons (Fsp3) is 0.571. The molecule has 0 aliphatic heterocycles. The summed E-state index contributed by atoms with van der Waals surface area (Å²) in [5.74, 6) is -0.714. The highest BCUT2D eigenvalue weighted by atomic mass is 16.5. The number of nitrogens with zero attached hydrogens (tertiary/aromatic N) is 1. The Morgan fingerprint density at radius 3 is 2.83 bits per heavy atom. The molecule has 1 aromatic heterocycles. The molecule has 0 radical (unpaired) electrons. The topological polar surface area (TPSA) is 59.4 Å². The zero-order chi connectivity index (χ0) is 13.3. The zero-order valence-electron chi connectivity index (χ0n) is 11.1. The molecule has 1 aliphatic rings. The molecule has 1 aromatic rings. The van der Waals surface area contributed by atoms with Gasteiger partial charge < -0.3 is 9.84 Å². The second-order valence-corrected chi connectivity index (χ2v) is 5.32. The highest BCUT2D eigenvalue weighted by Gasteiger charge is 2.25. The van der Waals surface area contributed by atoms with E-state index in [1.165, 1.54) is 0 Å². The Kier molecular flexibility index (Phi) is 3.28. The van der Waals surface area contributed by atoms with Crippen LogP contribution in [-0.2, 0) is 12.8 Å². The predicted octanol–water partition coefficient (Wildman–Crippen LogP) is 2.84. The Labute approximate surface area is 107 Å². The van der Waals surface area contributed by atoms with Crippen molar-refractivity contribution in [3.63, 3.8) is 0 Å². The van der Waals surface area contributed by atoms with E-state index in [0.717, 1.165) is 36.9 Å². The number of pyridine rings is 1. The van der Waals surface area contributed by atoms with Crippen LogP contribution >= 0.6 is 0 Å². The van der Waals surface area contributed by atoms with Gasteiger partial charge in [-0.15, -0.1) is 0 Å². The molecule has 1 heterocycles. The molecule has 2 rings (SSSR count). The minimum absolute atomic E-state index is 0.178. The lowest BCUT2D eigenvalue weighted by molar-refractivity contribution is 0.0664. The number of fused-ring (bicyclic) bond motifs is 1. The standard InChI is InChI=1S/C14H19NO3/c1-4-14(2,3)18-12-10(13(16)17)8-9-6-5-7-11(9)15-12/h8H,4-7H2,1-3H3,(H,16,17). The maximum Gasteiger partial charge on any atom is 0.341 e. The van der Waals surface area contributed by atoms with Crippen LogP contribution in [-0.4, -0.2) is 21.7 Å². The third-order valence-electron chi connectivity index (χ3n) is 3.47. The van der Waals surface area contributed by atoms with Crippen molar-refractivity contribution in [3.8, 4) is 5.88 Å². The summed E-state index contributed by atoms with van der Waals surface area (Å²) in [6, 6.07) is 1.72. The van der Waals surface area contributed by atoms with Crippen molar-refractivity contribution in [2.75, 3.05) is 0 Å². The minimum Gasteiger partial charge on any atom is -0.477 e. The minimum atomic E-state index is -0.973. The van der Waals surface area contributed by atoms with E-state index in [-0.39, 0.29) is 11.4 Å². The Bertz CT molecular complexity index is 480. The molecule has 4 nitrogen and oxygen atoms in total. The lowest BCUT2D eigenvalue weighted by Gasteiger charge is -2.25. The fourth-order valence-electron chi connectivity index (χ4n) is 2.02. The van der Waals surface area contributed by atoms with E-state index < -0.39 is 11.6 Å². The first-order chi connectivity index (χ1) is 8.43. The lowest BCUT2D eigenvalue weighted by atomic mass is 10.1. The van der Waals surface area contributed by atoms with Gasteiger partial charge in [-0.3, -0.25) is 0 Å². The fourth-order valence-corrected chi connectivity index (χ4v) is 2.02. The molecular formula is C14H19NO3. The summed E-state index contributed by atoms with van der Waals surface area (Å²) in [5, 5.41) is 9.25. The molecular weight excluding hydrogens is 230 g/mol. The Hall–Kier alpha value is -1.58. The van der Waals surface area contributed by atoms with Gasteiger partial charge in [0.05, 0.1) is 0 Å². The van der Waals surface area contributed by atoms with Crippen molar-refractivity contribution in [1.29, 1.82) is 0 Å². The van der Waals surface area contributed by atoms with E-state index >= 15 is 0 Å². The number of aryl methyl sites for hydroxylation is 2. The molecule has 0 spiro atoms. The van der Waals surface area contributed by atoms with Gasteiger partial charge in [0.2, 0.25) is 5.88 Å². The molecule has 0 saturated carbocycles. The number of carbonyl (C=O) groups is 1. The van der Waals surface area contributed by atoms with Crippen LogP contribution in [0.15, 0.2) is 6.07 Å². The summed E-state index contributed by atoms with van der Waals surface area (Å²) >= 11 is 0. The molecule has 0 unspecified atom stereocenters. The van der Waals surface area contributed by atoms with Crippen LogP contribution in [0.2, 0.25) is 0 Å². The van der Waals surface area contributed by atoms with Gasteiger partial charge in [-0.05, 0) is 51.2 Å². The van der Waals surface area contributed by atoms with Crippen LogP contribution in [0.3, 0.4) is 0 Å². The van der Waals surface area contributed by atoms with Crippen molar-refractivity contribution in [2.45, 2.75) is 52.1 Å². The average molecular weight is 249 g/mol. The van der Waals surface area contributed by atoms with Crippen LogP contribution in [0.1, 0.15) is 55.2 Å². The summed E-state index contributed by atoms with van der Waals surface area (Å²) in [4.78, 5) is 15.7. The number of carboxylic acid groups (broad SMARTS) is 1. The van der Waals surface area contributed by atoms with Gasteiger partial charge in [-0.2, -0.15) is 0 Å². The van der Waals surface area contributed by atoms with Gasteiger partial charge in [0, 0.05) is 5.69 Å². The smallest absolute Gasteiger partial charge is 0.341 e. The Morgan fingerprint density at radius 2 is 2.22 bits per heavy atom. The third-order valence-corrected chi connectivity index (χ3v) is 3.47. The highest BCUT2D eigenvalue weighted by Crippen LogP contribution is 2.29. The summed E-state index contributed by atoms with van der Waals surface area (Å²) in [6.07, 6.45) is 3.67. The number of rotatable bonds is 4. The van der Waals surface area contributed by atoms with E-state index in [9.17, 15) is 9.90 Å². The second-order valence-electron chi connectivity index (χ2n) is 5.32. The summed E-state index contributed by atoms with van der Waals surface area (Å²) in [5.41, 5.74) is 1.82. The molecule has 0 atom stereocenters. The summed E-state index contributed by atoms with van der Waals surface area (Å²) < 4.78 is 5.78. The second kappa shape index (κ2) is 4.59. The van der Waals surface area contributed by atoms with Crippen molar-refractivity contribution in [1.82, 2.24) is 4.98 Å². The van der Waals surface area contributed by atoms with Gasteiger partial charge in [-0.25, -0.2) is 9.78 Å². The average Bonchev–Trinajstić information content (AvgIpc) is 2.74. The van der Waals surface area contributed by atoms with Gasteiger partial charge in [-0.1, -0.05) is 6.92 Å². The van der Waals surface area contributed by atoms with E-state index in [2.05, 4.69) is 4.98 Å². The van der Waals surface area contributed by atoms with Crippen LogP contribution < -0.4 is 4.74 Å². The monoisotopic (exact) mass is 249 g/mol. The highest BCUT2D eigenvalue weighted by molar-refractivity contribution is 5.90. The molecule has 0 aromatic carbocycles. The third kappa shape index (κ3) is 2.47. The number of aromatic carboxylic acids is 1. The van der Waals surface area contributed by atoms with Crippen molar-refractivity contribution >= 4 is 5.97 Å². The molecule has 0 saturated heterocycles. The SMILES string of the molecule is CCC(C)(C)Oc1nc2c(cc1C(=O)O)CCC2. The first kappa shape index (κ1) is 12.9. The van der Waals surface area contributed by atoms with E-state index in [1.807, 2.05) is 20.8 Å². The normalized spacial score (nSPS) is 14.4. The van der Waals surface area contributed by atoms with Gasteiger partial charge in [0.1, 0.15) is 11.2 Å². The van der Waals surface area contributed by atoms with Crippen molar-refractivity contribution < 1.29 is 14.6 Å². The molecule has 0 bridgehead atoms. The quantitative estimate of drug-likeness (QED) is 0.891. The number of carboxylic acids is 1. The predicted molar refractivity (Wildman–Crippen MR) is 68.2 cm³/mol. The first-order valence-electron chi connectivity index (χ1n) is 6.38. The largest absolute Gasteiger partial charge is 0.477 e. The lowest BCUT2D eigenvalue weighted by Crippen LogP contribution is -2.28. The van der Waals surface area contributed by atoms with Gasteiger partial charge in [0.25, 0.3) is 0 Å². The molecule has 18 heavy (non-hydrogen) atoms. The van der Waals surface area contributed by atoms with Crippen molar-refractivity contribution in [3.05, 3.63) is 22.9 Å². The number of hydrogen-bond donors (Lipinski definition) is 1. The number of aromatic nitrogens is 1. The maximum atomic E-state index is 11.3. The van der Waals surface area contributed by atoms with Crippen LogP contribution in [0, 0.1) is 0 Å². The van der Waals surface area contributed by atoms with Crippen LogP contribution in [0.5, 0.6) is 5.88 Å².